The maximum atomic E-state index is 11.1. The molecule has 0 saturated carbocycles. The number of rotatable bonds is 2. The number of primary amides is 1. The highest BCUT2D eigenvalue weighted by molar-refractivity contribution is 6.17. The molecule has 0 spiro atoms. The van der Waals surface area contributed by atoms with Crippen LogP contribution in [0.5, 0.6) is 0 Å². The first-order valence-electron chi connectivity index (χ1n) is 4.11. The summed E-state index contributed by atoms with van der Waals surface area (Å²) in [6.45, 7) is 1.70. The van der Waals surface area contributed by atoms with Gasteiger partial charge in [0.2, 0.25) is 5.91 Å². The molecule has 0 heterocycles. The van der Waals surface area contributed by atoms with Gasteiger partial charge in [-0.3, -0.25) is 4.79 Å². The minimum absolute atomic E-state index is 0.325. The lowest BCUT2D eigenvalue weighted by atomic mass is 10.0. The van der Waals surface area contributed by atoms with Crippen LogP contribution in [0.4, 0.5) is 0 Å². The Labute approximate surface area is 88.1 Å². The van der Waals surface area contributed by atoms with Gasteiger partial charge in [-0.15, -0.1) is 17.5 Å². The minimum Gasteiger partial charge on any atom is -0.366 e. The molecule has 0 aromatic heterocycles. The molecule has 0 radical (unpaired) electrons. The number of hydrogen-bond acceptors (Lipinski definition) is 1. The van der Waals surface area contributed by atoms with Gasteiger partial charge in [-0.25, -0.2) is 0 Å². The Kier molecular flexibility index (Phi) is 3.55. The van der Waals surface area contributed by atoms with E-state index in [4.69, 9.17) is 17.3 Å². The maximum Gasteiger partial charge on any atom is 0.249 e. The van der Waals surface area contributed by atoms with Crippen LogP contribution in [0.2, 0.25) is 0 Å². The van der Waals surface area contributed by atoms with Crippen molar-refractivity contribution in [3.05, 3.63) is 34.9 Å². The largest absolute Gasteiger partial charge is 0.366 e. The van der Waals surface area contributed by atoms with E-state index in [2.05, 4.69) is 11.8 Å². The molecule has 0 atom stereocenters. The average molecular weight is 208 g/mol. The summed E-state index contributed by atoms with van der Waals surface area (Å²) < 4.78 is 0. The maximum absolute atomic E-state index is 11.1. The fourth-order valence-corrected chi connectivity index (χ4v) is 1.41. The zero-order valence-corrected chi connectivity index (χ0v) is 8.56. The van der Waals surface area contributed by atoms with E-state index >= 15 is 0 Å². The van der Waals surface area contributed by atoms with Gasteiger partial charge in [0, 0.05) is 11.4 Å². The zero-order chi connectivity index (χ0) is 10.6. The van der Waals surface area contributed by atoms with Crippen molar-refractivity contribution < 1.29 is 4.79 Å². The SMILES string of the molecule is CC#Cc1c(CCl)cccc1C(N)=O. The predicted molar refractivity (Wildman–Crippen MR) is 57.1 cm³/mol. The second-order valence-corrected chi connectivity index (χ2v) is 2.98. The molecule has 1 aromatic rings. The van der Waals surface area contributed by atoms with E-state index in [1.165, 1.54) is 0 Å². The Morgan fingerprint density at radius 3 is 2.79 bits per heavy atom. The van der Waals surface area contributed by atoms with E-state index in [-0.39, 0.29) is 0 Å². The van der Waals surface area contributed by atoms with Crippen LogP contribution in [0.15, 0.2) is 18.2 Å². The summed E-state index contributed by atoms with van der Waals surface area (Å²) in [6.07, 6.45) is 0. The monoisotopic (exact) mass is 207 g/mol. The predicted octanol–water partition coefficient (Wildman–Crippen LogP) is 1.90. The molecular formula is C11H10ClNO. The summed E-state index contributed by atoms with van der Waals surface area (Å²) in [5.41, 5.74) is 7.11. The molecule has 0 fully saturated rings. The van der Waals surface area contributed by atoms with Crippen LogP contribution in [0.1, 0.15) is 28.4 Å². The van der Waals surface area contributed by atoms with Gasteiger partial charge in [-0.2, -0.15) is 0 Å². The molecule has 1 aromatic carbocycles. The molecule has 72 valence electrons. The van der Waals surface area contributed by atoms with E-state index in [9.17, 15) is 4.79 Å². The molecule has 2 nitrogen and oxygen atoms in total. The van der Waals surface area contributed by atoms with Gasteiger partial charge in [-0.1, -0.05) is 18.1 Å². The molecule has 14 heavy (non-hydrogen) atoms. The van der Waals surface area contributed by atoms with Crippen LogP contribution in [0, 0.1) is 11.8 Å². The molecule has 0 aliphatic heterocycles. The van der Waals surface area contributed by atoms with Crippen LogP contribution < -0.4 is 5.73 Å². The Bertz CT molecular complexity index is 415. The molecule has 3 heteroatoms. The molecule has 1 rings (SSSR count). The highest BCUT2D eigenvalue weighted by Crippen LogP contribution is 2.15. The topological polar surface area (TPSA) is 43.1 Å². The summed E-state index contributed by atoms with van der Waals surface area (Å²) in [4.78, 5) is 11.1. The first kappa shape index (κ1) is 10.6. The Morgan fingerprint density at radius 1 is 1.57 bits per heavy atom. The van der Waals surface area contributed by atoms with E-state index in [0.29, 0.717) is 17.0 Å². The summed E-state index contributed by atoms with van der Waals surface area (Å²) in [5, 5.41) is 0. The smallest absolute Gasteiger partial charge is 0.249 e. The highest BCUT2D eigenvalue weighted by atomic mass is 35.5. The molecule has 1 amide bonds. The molecule has 0 unspecified atom stereocenters. The van der Waals surface area contributed by atoms with Gasteiger partial charge in [0.15, 0.2) is 0 Å². The van der Waals surface area contributed by atoms with Crippen LogP contribution in [-0.4, -0.2) is 5.91 Å². The summed E-state index contributed by atoms with van der Waals surface area (Å²) >= 11 is 5.72. The number of alkyl halides is 1. The van der Waals surface area contributed by atoms with Crippen LogP contribution in [-0.2, 0) is 5.88 Å². The first-order chi connectivity index (χ1) is 6.70. The van der Waals surface area contributed by atoms with E-state index in [1.807, 2.05) is 6.07 Å². The molecule has 0 bridgehead atoms. The number of amides is 1. The minimum atomic E-state index is -0.477. The summed E-state index contributed by atoms with van der Waals surface area (Å²) in [6, 6.07) is 5.23. The second-order valence-electron chi connectivity index (χ2n) is 2.71. The number of carbonyl (C=O) groups excluding carboxylic acids is 1. The van der Waals surface area contributed by atoms with E-state index in [1.54, 1.807) is 19.1 Å². The van der Waals surface area contributed by atoms with Crippen molar-refractivity contribution in [3.63, 3.8) is 0 Å². The van der Waals surface area contributed by atoms with Gasteiger partial charge >= 0.3 is 0 Å². The van der Waals surface area contributed by atoms with Gasteiger partial charge in [0.05, 0.1) is 5.56 Å². The number of benzene rings is 1. The van der Waals surface area contributed by atoms with E-state index < -0.39 is 5.91 Å². The first-order valence-corrected chi connectivity index (χ1v) is 4.64. The molecule has 2 N–H and O–H groups in total. The lowest BCUT2D eigenvalue weighted by molar-refractivity contribution is 0.1000. The third kappa shape index (κ3) is 2.07. The van der Waals surface area contributed by atoms with Gasteiger partial charge in [0.1, 0.15) is 0 Å². The number of halogens is 1. The van der Waals surface area contributed by atoms with Crippen molar-refractivity contribution in [2.75, 3.05) is 0 Å². The van der Waals surface area contributed by atoms with Crippen LogP contribution in [0.3, 0.4) is 0 Å². The van der Waals surface area contributed by atoms with Crippen molar-refractivity contribution in [2.24, 2.45) is 5.73 Å². The van der Waals surface area contributed by atoms with Crippen molar-refractivity contribution in [3.8, 4) is 11.8 Å². The number of hydrogen-bond donors (Lipinski definition) is 1. The standard InChI is InChI=1S/C11H10ClNO/c1-2-4-9-8(7-12)5-3-6-10(9)11(13)14/h3,5-6H,7H2,1H3,(H2,13,14). The van der Waals surface area contributed by atoms with Crippen molar-refractivity contribution in [2.45, 2.75) is 12.8 Å². The molecule has 0 saturated heterocycles. The summed E-state index contributed by atoms with van der Waals surface area (Å²) in [5.74, 6) is 5.43. The second kappa shape index (κ2) is 4.69. The van der Waals surface area contributed by atoms with Gasteiger partial charge in [0.25, 0.3) is 0 Å². The fourth-order valence-electron chi connectivity index (χ4n) is 1.19. The molecule has 0 aliphatic rings. The molecular weight excluding hydrogens is 198 g/mol. The van der Waals surface area contributed by atoms with Crippen molar-refractivity contribution in [1.82, 2.24) is 0 Å². The Balaban J connectivity index is 3.40. The lowest BCUT2D eigenvalue weighted by Gasteiger charge is -2.04. The van der Waals surface area contributed by atoms with Crippen molar-refractivity contribution >= 4 is 17.5 Å². The summed E-state index contributed by atoms with van der Waals surface area (Å²) in [7, 11) is 0. The Hall–Kier alpha value is -1.46. The van der Waals surface area contributed by atoms with Crippen LogP contribution >= 0.6 is 11.6 Å². The van der Waals surface area contributed by atoms with Crippen LogP contribution in [0.25, 0.3) is 0 Å². The average Bonchev–Trinajstić information content (AvgIpc) is 2.18. The van der Waals surface area contributed by atoms with Gasteiger partial charge in [-0.05, 0) is 18.6 Å². The zero-order valence-electron chi connectivity index (χ0n) is 7.80. The lowest BCUT2D eigenvalue weighted by Crippen LogP contribution is -2.13. The number of carbonyl (C=O) groups is 1. The Morgan fingerprint density at radius 2 is 2.29 bits per heavy atom. The molecule has 0 aliphatic carbocycles. The fraction of sp³-hybridized carbons (Fsp3) is 0.182. The number of nitrogens with two attached hydrogens (primary N) is 1. The highest BCUT2D eigenvalue weighted by Gasteiger charge is 2.09. The van der Waals surface area contributed by atoms with Crippen molar-refractivity contribution in [1.29, 1.82) is 0 Å². The van der Waals surface area contributed by atoms with E-state index in [0.717, 1.165) is 5.56 Å². The van der Waals surface area contributed by atoms with Gasteiger partial charge < -0.3 is 5.73 Å². The third-order valence-corrected chi connectivity index (χ3v) is 2.10. The quantitative estimate of drug-likeness (QED) is 0.584. The normalized spacial score (nSPS) is 9.00. The third-order valence-electron chi connectivity index (χ3n) is 1.81.